The van der Waals surface area contributed by atoms with Gasteiger partial charge in [0.15, 0.2) is 5.69 Å². The fraction of sp³-hybridized carbons (Fsp3) is 0.100. The average molecular weight is 292 g/mol. The Hall–Kier alpha value is -2.09. The lowest BCUT2D eigenvalue weighted by Gasteiger charge is -2.09. The van der Waals surface area contributed by atoms with E-state index in [1.165, 1.54) is 24.3 Å². The van der Waals surface area contributed by atoms with Crippen LogP contribution in [0.2, 0.25) is 5.02 Å². The van der Waals surface area contributed by atoms with Crippen LogP contribution in [-0.4, -0.2) is 26.1 Å². The van der Waals surface area contributed by atoms with Gasteiger partial charge >= 0.3 is 12.1 Å². The third kappa shape index (κ3) is 2.53. The number of carboxylic acids is 1. The lowest BCUT2D eigenvalue weighted by atomic mass is 10.2. The Balaban J connectivity index is 2.64. The maximum atomic E-state index is 12.9. The fourth-order valence-corrected chi connectivity index (χ4v) is 1.57. The van der Waals surface area contributed by atoms with Gasteiger partial charge in [-0.1, -0.05) is 16.8 Å². The molecule has 0 aliphatic rings. The highest BCUT2D eigenvalue weighted by atomic mass is 35.5. The van der Waals surface area contributed by atoms with Crippen molar-refractivity contribution in [3.8, 4) is 5.69 Å². The molecule has 1 N–H and O–H groups in total. The molecule has 0 aliphatic carbocycles. The molecular weight excluding hydrogens is 287 g/mol. The molecule has 0 spiro atoms. The third-order valence-electron chi connectivity index (χ3n) is 2.21. The maximum absolute atomic E-state index is 12.9. The molecule has 5 nitrogen and oxygen atoms in total. The van der Waals surface area contributed by atoms with Gasteiger partial charge in [-0.15, -0.1) is 5.10 Å². The van der Waals surface area contributed by atoms with E-state index in [0.717, 1.165) is 0 Å². The summed E-state index contributed by atoms with van der Waals surface area (Å²) in [6.07, 6.45) is -4.89. The molecular formula is C10H5ClF3N3O2. The van der Waals surface area contributed by atoms with Crippen LogP contribution in [0.5, 0.6) is 0 Å². The smallest absolute Gasteiger partial charge is 0.436 e. The van der Waals surface area contributed by atoms with Crippen LogP contribution in [0.3, 0.4) is 0 Å². The topological polar surface area (TPSA) is 68.0 Å². The van der Waals surface area contributed by atoms with Crippen molar-refractivity contribution in [3.05, 3.63) is 40.7 Å². The number of hydrogen-bond acceptors (Lipinski definition) is 3. The zero-order valence-electron chi connectivity index (χ0n) is 9.02. The molecule has 100 valence electrons. The summed E-state index contributed by atoms with van der Waals surface area (Å²) in [5, 5.41) is 15.3. The first-order chi connectivity index (χ1) is 8.80. The summed E-state index contributed by atoms with van der Waals surface area (Å²) in [7, 11) is 0. The Morgan fingerprint density at radius 1 is 1.26 bits per heavy atom. The molecule has 1 heterocycles. The molecule has 0 atom stereocenters. The number of nitrogens with zero attached hydrogens (tertiary/aromatic N) is 3. The Morgan fingerprint density at radius 2 is 1.84 bits per heavy atom. The highest BCUT2D eigenvalue weighted by Crippen LogP contribution is 2.32. The van der Waals surface area contributed by atoms with Crippen LogP contribution in [0.1, 0.15) is 16.2 Å². The van der Waals surface area contributed by atoms with Gasteiger partial charge in [-0.2, -0.15) is 13.2 Å². The van der Waals surface area contributed by atoms with E-state index in [2.05, 4.69) is 10.3 Å². The molecule has 0 unspecified atom stereocenters. The minimum Gasteiger partial charge on any atom is -0.476 e. The second-order valence-corrected chi connectivity index (χ2v) is 3.91. The molecule has 2 rings (SSSR count). The summed E-state index contributed by atoms with van der Waals surface area (Å²) in [5.74, 6) is -1.80. The Bertz CT molecular complexity index is 622. The molecule has 1 aromatic heterocycles. The van der Waals surface area contributed by atoms with Gasteiger partial charge in [-0.3, -0.25) is 0 Å². The van der Waals surface area contributed by atoms with Crippen molar-refractivity contribution in [1.82, 2.24) is 15.0 Å². The molecule has 0 amide bonds. The van der Waals surface area contributed by atoms with Crippen molar-refractivity contribution < 1.29 is 23.1 Å². The minimum absolute atomic E-state index is 0.0109. The summed E-state index contributed by atoms with van der Waals surface area (Å²) in [4.78, 5) is 10.7. The van der Waals surface area contributed by atoms with Crippen LogP contribution < -0.4 is 0 Å². The largest absolute Gasteiger partial charge is 0.476 e. The van der Waals surface area contributed by atoms with Gasteiger partial charge in [0.05, 0.1) is 5.69 Å². The number of benzene rings is 1. The van der Waals surface area contributed by atoms with E-state index < -0.39 is 23.5 Å². The first-order valence-corrected chi connectivity index (χ1v) is 5.20. The van der Waals surface area contributed by atoms with Crippen LogP contribution in [-0.2, 0) is 6.18 Å². The monoisotopic (exact) mass is 291 g/mol. The maximum Gasteiger partial charge on any atom is 0.436 e. The Labute approximate surface area is 109 Å². The first kappa shape index (κ1) is 13.3. The number of rotatable bonds is 2. The van der Waals surface area contributed by atoms with Gasteiger partial charge in [-0.25, -0.2) is 9.48 Å². The van der Waals surface area contributed by atoms with Crippen LogP contribution in [0.4, 0.5) is 13.2 Å². The van der Waals surface area contributed by atoms with Gasteiger partial charge in [0.1, 0.15) is 0 Å². The van der Waals surface area contributed by atoms with E-state index in [-0.39, 0.29) is 5.69 Å². The molecule has 1 aromatic carbocycles. The summed E-state index contributed by atoms with van der Waals surface area (Å²) < 4.78 is 39.0. The van der Waals surface area contributed by atoms with Crippen LogP contribution >= 0.6 is 11.6 Å². The predicted molar refractivity (Wildman–Crippen MR) is 58.3 cm³/mol. The van der Waals surface area contributed by atoms with Crippen molar-refractivity contribution in [2.24, 2.45) is 0 Å². The van der Waals surface area contributed by atoms with E-state index >= 15 is 0 Å². The fourth-order valence-electron chi connectivity index (χ4n) is 1.44. The summed E-state index contributed by atoms with van der Waals surface area (Å²) in [6.45, 7) is 0. The summed E-state index contributed by atoms with van der Waals surface area (Å²) >= 11 is 5.62. The number of halogens is 4. The summed E-state index contributed by atoms with van der Waals surface area (Å²) in [5.41, 5.74) is -2.58. The van der Waals surface area contributed by atoms with E-state index in [4.69, 9.17) is 16.7 Å². The number of aromatic carboxylic acids is 1. The van der Waals surface area contributed by atoms with E-state index in [9.17, 15) is 18.0 Å². The highest BCUT2D eigenvalue weighted by Gasteiger charge is 2.42. The van der Waals surface area contributed by atoms with E-state index in [1.807, 2.05) is 0 Å². The molecule has 0 aliphatic heterocycles. The van der Waals surface area contributed by atoms with Gasteiger partial charge in [0.25, 0.3) is 0 Å². The number of carbonyl (C=O) groups is 1. The van der Waals surface area contributed by atoms with Crippen molar-refractivity contribution in [2.75, 3.05) is 0 Å². The first-order valence-electron chi connectivity index (χ1n) is 4.83. The van der Waals surface area contributed by atoms with E-state index in [0.29, 0.717) is 9.70 Å². The zero-order valence-corrected chi connectivity index (χ0v) is 9.77. The normalized spacial score (nSPS) is 11.6. The Morgan fingerprint density at radius 3 is 2.32 bits per heavy atom. The van der Waals surface area contributed by atoms with Gasteiger partial charge in [0, 0.05) is 5.02 Å². The second-order valence-electron chi connectivity index (χ2n) is 3.48. The van der Waals surface area contributed by atoms with E-state index in [1.54, 1.807) is 0 Å². The average Bonchev–Trinajstić information content (AvgIpc) is 2.74. The van der Waals surface area contributed by atoms with Crippen molar-refractivity contribution in [1.29, 1.82) is 0 Å². The van der Waals surface area contributed by atoms with Crippen LogP contribution in [0.15, 0.2) is 24.3 Å². The molecule has 0 saturated heterocycles. The lowest BCUT2D eigenvalue weighted by molar-refractivity contribution is -0.143. The minimum atomic E-state index is -4.89. The molecule has 0 fully saturated rings. The third-order valence-corrected chi connectivity index (χ3v) is 2.46. The van der Waals surface area contributed by atoms with Crippen LogP contribution in [0, 0.1) is 0 Å². The number of hydrogen-bond donors (Lipinski definition) is 1. The van der Waals surface area contributed by atoms with Crippen molar-refractivity contribution >= 4 is 17.6 Å². The van der Waals surface area contributed by atoms with Crippen molar-refractivity contribution in [2.45, 2.75) is 6.18 Å². The number of carboxylic acid groups (broad SMARTS) is 1. The number of alkyl halides is 3. The molecule has 19 heavy (non-hydrogen) atoms. The molecule has 2 aromatic rings. The lowest BCUT2D eigenvalue weighted by Crippen LogP contribution is -2.17. The molecule has 0 saturated carbocycles. The quantitative estimate of drug-likeness (QED) is 0.923. The molecule has 9 heteroatoms. The van der Waals surface area contributed by atoms with Crippen molar-refractivity contribution in [3.63, 3.8) is 0 Å². The SMILES string of the molecule is O=C(O)c1nnn(-c2ccc(Cl)cc2)c1C(F)(F)F. The van der Waals surface area contributed by atoms with Crippen LogP contribution in [0.25, 0.3) is 5.69 Å². The Kier molecular flexibility index (Phi) is 3.19. The highest BCUT2D eigenvalue weighted by molar-refractivity contribution is 6.30. The zero-order chi connectivity index (χ0) is 14.2. The van der Waals surface area contributed by atoms with Gasteiger partial charge < -0.3 is 5.11 Å². The standard InChI is InChI=1S/C10H5ClF3N3O2/c11-5-1-3-6(4-2-5)17-8(10(12,13)14)7(9(18)19)15-16-17/h1-4H,(H,18,19). The summed E-state index contributed by atoms with van der Waals surface area (Å²) in [6, 6.07) is 5.27. The van der Waals surface area contributed by atoms with Gasteiger partial charge in [0.2, 0.25) is 5.69 Å². The molecule has 0 radical (unpaired) electrons. The second kappa shape index (κ2) is 4.54. The molecule has 0 bridgehead atoms. The predicted octanol–water partition coefficient (Wildman–Crippen LogP) is 2.64. The number of aromatic nitrogens is 3. The van der Waals surface area contributed by atoms with Gasteiger partial charge in [-0.05, 0) is 24.3 Å².